The summed E-state index contributed by atoms with van der Waals surface area (Å²) in [5.41, 5.74) is 17.7. The lowest BCUT2D eigenvalue weighted by Gasteiger charge is -2.25. The van der Waals surface area contributed by atoms with Crippen molar-refractivity contribution in [2.45, 2.75) is 63.7 Å². The topological polar surface area (TPSA) is 264 Å². The Hall–Kier alpha value is -4.66. The fourth-order valence-electron chi connectivity index (χ4n) is 3.78. The van der Waals surface area contributed by atoms with E-state index in [9.17, 15) is 29.4 Å². The third-order valence-electron chi connectivity index (χ3n) is 6.20. The molecule has 1 aromatic carbocycles. The summed E-state index contributed by atoms with van der Waals surface area (Å²) in [6.07, 6.45) is 3.23. The molecule has 0 aliphatic carbocycles. The van der Waals surface area contributed by atoms with Gasteiger partial charge in [0.05, 0.1) is 12.4 Å². The first kappa shape index (κ1) is 32.6. The standard InChI is InChI=1S/C26H39N9O6/c1-14(2)21(27)24(39)33-18(4-3-9-31-26(28)29)22(37)34-19(11-16-12-30-13-32-16)23(38)35-20(25(40)41)10-15-5-7-17(36)8-6-15/h5-8,12-14,18-21,36H,3-4,9-11,27H2,1-2H3,(H,30,32)(H,33,39)(H,34,37)(H,35,38)(H,40,41)(H4,28,29,31). The first-order valence-corrected chi connectivity index (χ1v) is 13.1. The number of aliphatic imine (C=N–C) groups is 1. The molecular weight excluding hydrogens is 534 g/mol. The van der Waals surface area contributed by atoms with Crippen molar-refractivity contribution in [3.63, 3.8) is 0 Å². The van der Waals surface area contributed by atoms with Crippen LogP contribution in [0.1, 0.15) is 37.9 Å². The first-order valence-electron chi connectivity index (χ1n) is 13.1. The lowest BCUT2D eigenvalue weighted by atomic mass is 10.0. The molecule has 0 fully saturated rings. The summed E-state index contributed by atoms with van der Waals surface area (Å²) in [5.74, 6) is -3.56. The predicted octanol–water partition coefficient (Wildman–Crippen LogP) is -1.52. The molecule has 0 spiro atoms. The Balaban J connectivity index is 2.23. The second-order valence-electron chi connectivity index (χ2n) is 9.89. The van der Waals surface area contributed by atoms with E-state index in [2.05, 4.69) is 30.9 Å². The van der Waals surface area contributed by atoms with Gasteiger partial charge >= 0.3 is 5.97 Å². The van der Waals surface area contributed by atoms with Gasteiger partial charge in [0.2, 0.25) is 17.7 Å². The molecule has 41 heavy (non-hydrogen) atoms. The van der Waals surface area contributed by atoms with Crippen LogP contribution in [0.5, 0.6) is 5.75 Å². The number of aromatic nitrogens is 2. The van der Waals surface area contributed by atoms with Crippen LogP contribution in [0.4, 0.5) is 0 Å². The van der Waals surface area contributed by atoms with Gasteiger partial charge in [-0.2, -0.15) is 0 Å². The van der Waals surface area contributed by atoms with Gasteiger partial charge in [0.15, 0.2) is 5.96 Å². The summed E-state index contributed by atoms with van der Waals surface area (Å²) < 4.78 is 0. The highest BCUT2D eigenvalue weighted by molar-refractivity contribution is 5.94. The second-order valence-corrected chi connectivity index (χ2v) is 9.89. The lowest BCUT2D eigenvalue weighted by Crippen LogP contribution is -2.58. The zero-order valence-corrected chi connectivity index (χ0v) is 23.0. The fraction of sp³-hybridized carbons (Fsp3) is 0.462. The molecule has 224 valence electrons. The molecule has 0 saturated carbocycles. The van der Waals surface area contributed by atoms with Crippen molar-refractivity contribution < 1.29 is 29.4 Å². The molecule has 0 bridgehead atoms. The number of amides is 3. The number of phenols is 1. The van der Waals surface area contributed by atoms with E-state index in [-0.39, 0.29) is 43.4 Å². The number of aromatic hydroxyl groups is 1. The molecule has 0 aliphatic heterocycles. The molecule has 0 radical (unpaired) electrons. The minimum atomic E-state index is -1.33. The Morgan fingerprint density at radius 1 is 0.951 bits per heavy atom. The molecule has 4 atom stereocenters. The molecule has 1 heterocycles. The van der Waals surface area contributed by atoms with Gasteiger partial charge in [-0.3, -0.25) is 19.4 Å². The summed E-state index contributed by atoms with van der Waals surface area (Å²) in [7, 11) is 0. The van der Waals surface area contributed by atoms with Crippen molar-refractivity contribution in [1.29, 1.82) is 0 Å². The number of rotatable bonds is 16. The smallest absolute Gasteiger partial charge is 0.326 e. The molecule has 4 unspecified atom stereocenters. The minimum absolute atomic E-state index is 0.0151. The number of aromatic amines is 1. The normalized spacial score (nSPS) is 13.9. The second kappa shape index (κ2) is 15.8. The van der Waals surface area contributed by atoms with Crippen LogP contribution >= 0.6 is 0 Å². The molecule has 2 aromatic rings. The van der Waals surface area contributed by atoms with Crippen LogP contribution in [-0.2, 0) is 32.0 Å². The van der Waals surface area contributed by atoms with E-state index in [0.29, 0.717) is 17.7 Å². The number of nitrogens with zero attached hydrogens (tertiary/aromatic N) is 2. The number of benzene rings is 1. The number of nitrogens with two attached hydrogens (primary N) is 3. The van der Waals surface area contributed by atoms with Crippen LogP contribution in [0.25, 0.3) is 0 Å². The Morgan fingerprint density at radius 2 is 1.56 bits per heavy atom. The van der Waals surface area contributed by atoms with Gasteiger partial charge in [-0.1, -0.05) is 26.0 Å². The lowest BCUT2D eigenvalue weighted by molar-refractivity contribution is -0.142. The molecule has 0 aliphatic rings. The van der Waals surface area contributed by atoms with Gasteiger partial charge in [-0.05, 0) is 36.5 Å². The maximum atomic E-state index is 13.4. The van der Waals surface area contributed by atoms with Crippen LogP contribution in [0.2, 0.25) is 0 Å². The van der Waals surface area contributed by atoms with Crippen molar-refractivity contribution in [2.75, 3.05) is 6.54 Å². The van der Waals surface area contributed by atoms with Crippen LogP contribution in [-0.4, -0.2) is 80.5 Å². The highest BCUT2D eigenvalue weighted by Gasteiger charge is 2.31. The molecule has 3 amide bonds. The average Bonchev–Trinajstić information content (AvgIpc) is 3.43. The number of carbonyl (C=O) groups is 4. The van der Waals surface area contributed by atoms with Crippen molar-refractivity contribution in [2.24, 2.45) is 28.1 Å². The summed E-state index contributed by atoms with van der Waals surface area (Å²) in [6, 6.07) is 1.40. The molecule has 12 N–H and O–H groups in total. The number of carbonyl (C=O) groups excluding carboxylic acids is 3. The van der Waals surface area contributed by atoms with Crippen LogP contribution < -0.4 is 33.2 Å². The van der Waals surface area contributed by atoms with Gasteiger partial charge in [0.1, 0.15) is 23.9 Å². The van der Waals surface area contributed by atoms with E-state index >= 15 is 0 Å². The number of hydrogen-bond acceptors (Lipinski definition) is 8. The van der Waals surface area contributed by atoms with E-state index < -0.39 is 47.9 Å². The molecule has 1 aromatic heterocycles. The number of phenolic OH excluding ortho intramolecular Hbond substituents is 1. The number of carboxylic acid groups (broad SMARTS) is 1. The third kappa shape index (κ3) is 11.2. The quantitative estimate of drug-likeness (QED) is 0.0635. The number of nitrogens with one attached hydrogen (secondary N) is 4. The maximum absolute atomic E-state index is 13.4. The SMILES string of the molecule is CC(C)C(N)C(=O)NC(CCCN=C(N)N)C(=O)NC(Cc1cnc[nH]1)C(=O)NC(Cc1ccc(O)cc1)C(=O)O. The highest BCUT2D eigenvalue weighted by atomic mass is 16.4. The Labute approximate surface area is 237 Å². The molecular formula is C26H39N9O6. The highest BCUT2D eigenvalue weighted by Crippen LogP contribution is 2.12. The number of hydrogen-bond donors (Lipinski definition) is 9. The van der Waals surface area contributed by atoms with Crippen molar-refractivity contribution in [1.82, 2.24) is 25.9 Å². The van der Waals surface area contributed by atoms with Gasteiger partial charge in [-0.25, -0.2) is 9.78 Å². The van der Waals surface area contributed by atoms with Crippen molar-refractivity contribution in [3.8, 4) is 5.75 Å². The molecule has 15 heteroatoms. The largest absolute Gasteiger partial charge is 0.508 e. The molecule has 15 nitrogen and oxygen atoms in total. The zero-order valence-electron chi connectivity index (χ0n) is 23.0. The number of imidazole rings is 1. The van der Waals surface area contributed by atoms with Crippen LogP contribution in [0, 0.1) is 5.92 Å². The number of carboxylic acids is 1. The first-order chi connectivity index (χ1) is 19.4. The van der Waals surface area contributed by atoms with Gasteiger partial charge in [-0.15, -0.1) is 0 Å². The number of aliphatic carboxylic acids is 1. The van der Waals surface area contributed by atoms with E-state index in [1.165, 1.54) is 24.7 Å². The minimum Gasteiger partial charge on any atom is -0.508 e. The van der Waals surface area contributed by atoms with Crippen LogP contribution in [0.3, 0.4) is 0 Å². The summed E-state index contributed by atoms with van der Waals surface area (Å²) >= 11 is 0. The van der Waals surface area contributed by atoms with Gasteiger partial charge in [0, 0.05) is 31.3 Å². The average molecular weight is 574 g/mol. The predicted molar refractivity (Wildman–Crippen MR) is 150 cm³/mol. The van der Waals surface area contributed by atoms with E-state index in [1.54, 1.807) is 26.0 Å². The third-order valence-corrected chi connectivity index (χ3v) is 6.20. The summed E-state index contributed by atoms with van der Waals surface area (Å²) in [6.45, 7) is 3.73. The fourth-order valence-corrected chi connectivity index (χ4v) is 3.78. The molecule has 2 rings (SSSR count). The van der Waals surface area contributed by atoms with Crippen molar-refractivity contribution >= 4 is 29.7 Å². The Kier molecular flexibility index (Phi) is 12.6. The maximum Gasteiger partial charge on any atom is 0.326 e. The number of guanidine groups is 1. The van der Waals surface area contributed by atoms with Crippen molar-refractivity contribution in [3.05, 3.63) is 48.0 Å². The monoisotopic (exact) mass is 573 g/mol. The van der Waals surface area contributed by atoms with E-state index in [0.717, 1.165) is 0 Å². The van der Waals surface area contributed by atoms with Gasteiger partial charge < -0.3 is 48.3 Å². The summed E-state index contributed by atoms with van der Waals surface area (Å²) in [4.78, 5) is 62.0. The zero-order chi connectivity index (χ0) is 30.5. The Morgan fingerprint density at radius 3 is 2.12 bits per heavy atom. The van der Waals surface area contributed by atoms with E-state index in [4.69, 9.17) is 17.2 Å². The molecule has 0 saturated heterocycles. The number of H-pyrrole nitrogens is 1. The van der Waals surface area contributed by atoms with Crippen LogP contribution in [0.15, 0.2) is 41.8 Å². The Bertz CT molecular complexity index is 1180. The van der Waals surface area contributed by atoms with E-state index in [1.807, 2.05) is 0 Å². The van der Waals surface area contributed by atoms with Gasteiger partial charge in [0.25, 0.3) is 0 Å². The summed E-state index contributed by atoms with van der Waals surface area (Å²) in [5, 5.41) is 27.0.